The molecule has 2 heteroatoms. The Bertz CT molecular complexity index is 286. The van der Waals surface area contributed by atoms with Gasteiger partial charge in [0.05, 0.1) is 0 Å². The number of nitrogens with zero attached hydrogens (tertiary/aromatic N) is 1. The molecule has 2 atom stereocenters. The average Bonchev–Trinajstić information content (AvgIpc) is 2.89. The summed E-state index contributed by atoms with van der Waals surface area (Å²) in [6.45, 7) is 2.76. The monoisotopic (exact) mass is 278 g/mol. The number of likely N-dealkylation sites (tertiary alicyclic amines) is 1. The predicted molar refractivity (Wildman–Crippen MR) is 86.0 cm³/mol. The van der Waals surface area contributed by atoms with Crippen molar-refractivity contribution < 1.29 is 0 Å². The largest absolute Gasteiger partial charge is 0.315 e. The number of rotatable bonds is 2. The fourth-order valence-corrected chi connectivity index (χ4v) is 5.19. The molecule has 0 aromatic rings. The lowest BCUT2D eigenvalue weighted by molar-refractivity contribution is 0.0531. The Morgan fingerprint density at radius 3 is 2.10 bits per heavy atom. The zero-order chi connectivity index (χ0) is 13.8. The standard InChI is InChI=1S/C18H34N2/c1-19-16-8-4-2-3-5-9-17(16)20-14-12-18(13-15-20)10-6-7-11-18/h16-17,19H,2-15H2,1H3. The Hall–Kier alpha value is -0.0800. The summed E-state index contributed by atoms with van der Waals surface area (Å²) in [4.78, 5) is 2.86. The van der Waals surface area contributed by atoms with E-state index in [1.807, 2.05) is 0 Å². The Morgan fingerprint density at radius 1 is 0.800 bits per heavy atom. The first kappa shape index (κ1) is 14.8. The molecule has 3 aliphatic rings. The van der Waals surface area contributed by atoms with E-state index in [0.717, 1.165) is 17.5 Å². The number of piperidine rings is 1. The third-order valence-electron chi connectivity index (χ3n) is 6.59. The van der Waals surface area contributed by atoms with Crippen LogP contribution < -0.4 is 5.32 Å². The van der Waals surface area contributed by atoms with Crippen molar-refractivity contribution in [3.63, 3.8) is 0 Å². The van der Waals surface area contributed by atoms with Gasteiger partial charge in [-0.2, -0.15) is 0 Å². The predicted octanol–water partition coefficient (Wildman–Crippen LogP) is 3.95. The fourth-order valence-electron chi connectivity index (χ4n) is 5.19. The first-order valence-electron chi connectivity index (χ1n) is 9.24. The highest BCUT2D eigenvalue weighted by molar-refractivity contribution is 4.94. The van der Waals surface area contributed by atoms with Crippen LogP contribution in [-0.4, -0.2) is 37.1 Å². The van der Waals surface area contributed by atoms with Gasteiger partial charge in [0.1, 0.15) is 0 Å². The van der Waals surface area contributed by atoms with Gasteiger partial charge >= 0.3 is 0 Å². The molecule has 2 unspecified atom stereocenters. The summed E-state index contributed by atoms with van der Waals surface area (Å²) in [7, 11) is 2.18. The van der Waals surface area contributed by atoms with Gasteiger partial charge < -0.3 is 5.32 Å². The Morgan fingerprint density at radius 2 is 1.45 bits per heavy atom. The maximum atomic E-state index is 3.64. The van der Waals surface area contributed by atoms with Crippen LogP contribution in [0, 0.1) is 5.41 Å². The summed E-state index contributed by atoms with van der Waals surface area (Å²) in [6, 6.07) is 1.56. The smallest absolute Gasteiger partial charge is 0.0249 e. The van der Waals surface area contributed by atoms with E-state index in [1.54, 1.807) is 0 Å². The minimum atomic E-state index is 0.743. The second-order valence-corrected chi connectivity index (χ2v) is 7.70. The molecule has 2 saturated carbocycles. The minimum absolute atomic E-state index is 0.743. The minimum Gasteiger partial charge on any atom is -0.315 e. The Kier molecular flexibility index (Phi) is 5.04. The zero-order valence-corrected chi connectivity index (χ0v) is 13.5. The van der Waals surface area contributed by atoms with Crippen LogP contribution >= 0.6 is 0 Å². The molecule has 1 spiro atoms. The van der Waals surface area contributed by atoms with Crippen LogP contribution in [-0.2, 0) is 0 Å². The number of nitrogens with one attached hydrogen (secondary N) is 1. The molecule has 2 aliphatic carbocycles. The first-order chi connectivity index (χ1) is 9.83. The van der Waals surface area contributed by atoms with E-state index in [-0.39, 0.29) is 0 Å². The number of likely N-dealkylation sites (N-methyl/N-ethyl adjacent to an activating group) is 1. The Labute approximate surface area is 125 Å². The molecule has 1 heterocycles. The normalized spacial score (nSPS) is 35.9. The molecule has 116 valence electrons. The van der Waals surface area contributed by atoms with Gasteiger partial charge in [-0.25, -0.2) is 0 Å². The quantitative estimate of drug-likeness (QED) is 0.822. The molecule has 1 aliphatic heterocycles. The van der Waals surface area contributed by atoms with Crippen LogP contribution in [0.3, 0.4) is 0 Å². The average molecular weight is 278 g/mol. The zero-order valence-electron chi connectivity index (χ0n) is 13.5. The van der Waals surface area contributed by atoms with Gasteiger partial charge in [-0.3, -0.25) is 4.90 Å². The van der Waals surface area contributed by atoms with Crippen molar-refractivity contribution in [2.24, 2.45) is 5.41 Å². The van der Waals surface area contributed by atoms with Gasteiger partial charge in [0, 0.05) is 12.1 Å². The second kappa shape index (κ2) is 6.79. The maximum absolute atomic E-state index is 3.64. The second-order valence-electron chi connectivity index (χ2n) is 7.70. The van der Waals surface area contributed by atoms with Crippen molar-refractivity contribution in [1.82, 2.24) is 10.2 Å². The van der Waals surface area contributed by atoms with Gasteiger partial charge in [0.15, 0.2) is 0 Å². The third kappa shape index (κ3) is 3.22. The highest BCUT2D eigenvalue weighted by atomic mass is 15.2. The maximum Gasteiger partial charge on any atom is 0.0249 e. The van der Waals surface area contributed by atoms with Crippen LogP contribution in [0.25, 0.3) is 0 Å². The third-order valence-corrected chi connectivity index (χ3v) is 6.59. The lowest BCUT2D eigenvalue weighted by atomic mass is 9.76. The van der Waals surface area contributed by atoms with Crippen molar-refractivity contribution in [1.29, 1.82) is 0 Å². The molecule has 0 aromatic carbocycles. The summed E-state index contributed by atoms with van der Waals surface area (Å²) >= 11 is 0. The van der Waals surface area contributed by atoms with Crippen LogP contribution in [0.15, 0.2) is 0 Å². The molecule has 3 fully saturated rings. The van der Waals surface area contributed by atoms with Crippen LogP contribution in [0.5, 0.6) is 0 Å². The highest BCUT2D eigenvalue weighted by Gasteiger charge is 2.39. The van der Waals surface area contributed by atoms with Gasteiger partial charge in [0.25, 0.3) is 0 Å². The summed E-state index contributed by atoms with van der Waals surface area (Å²) in [5.74, 6) is 0. The Balaban J connectivity index is 1.59. The fraction of sp³-hybridized carbons (Fsp3) is 1.00. The summed E-state index contributed by atoms with van der Waals surface area (Å²) in [5, 5.41) is 3.64. The highest BCUT2D eigenvalue weighted by Crippen LogP contribution is 2.46. The van der Waals surface area contributed by atoms with Crippen LogP contribution in [0.4, 0.5) is 0 Å². The molecule has 3 rings (SSSR count). The summed E-state index contributed by atoms with van der Waals surface area (Å²) in [6.07, 6.45) is 17.7. The number of hydrogen-bond donors (Lipinski definition) is 1. The van der Waals surface area contributed by atoms with Crippen molar-refractivity contribution in [3.8, 4) is 0 Å². The number of hydrogen-bond acceptors (Lipinski definition) is 2. The van der Waals surface area contributed by atoms with E-state index in [2.05, 4.69) is 17.3 Å². The van der Waals surface area contributed by atoms with Gasteiger partial charge in [0.2, 0.25) is 0 Å². The van der Waals surface area contributed by atoms with Crippen molar-refractivity contribution in [3.05, 3.63) is 0 Å². The topological polar surface area (TPSA) is 15.3 Å². The molecule has 20 heavy (non-hydrogen) atoms. The van der Waals surface area contributed by atoms with Crippen LogP contribution in [0.2, 0.25) is 0 Å². The molecular weight excluding hydrogens is 244 g/mol. The van der Waals surface area contributed by atoms with E-state index in [4.69, 9.17) is 0 Å². The van der Waals surface area contributed by atoms with Crippen molar-refractivity contribution in [2.45, 2.75) is 89.1 Å². The van der Waals surface area contributed by atoms with Gasteiger partial charge in [-0.15, -0.1) is 0 Å². The van der Waals surface area contributed by atoms with Crippen molar-refractivity contribution in [2.75, 3.05) is 20.1 Å². The molecule has 0 radical (unpaired) electrons. The summed E-state index contributed by atoms with van der Waals surface area (Å²) in [5.41, 5.74) is 0.771. The molecular formula is C18H34N2. The van der Waals surface area contributed by atoms with Crippen LogP contribution in [0.1, 0.15) is 77.0 Å². The van der Waals surface area contributed by atoms with E-state index in [1.165, 1.54) is 90.1 Å². The molecule has 0 amide bonds. The molecule has 1 saturated heterocycles. The molecule has 0 bridgehead atoms. The van der Waals surface area contributed by atoms with E-state index < -0.39 is 0 Å². The summed E-state index contributed by atoms with van der Waals surface area (Å²) < 4.78 is 0. The molecule has 2 nitrogen and oxygen atoms in total. The lowest BCUT2D eigenvalue weighted by Crippen LogP contribution is -2.53. The van der Waals surface area contributed by atoms with Gasteiger partial charge in [-0.05, 0) is 64.1 Å². The van der Waals surface area contributed by atoms with Crippen molar-refractivity contribution >= 4 is 0 Å². The van der Waals surface area contributed by atoms with Gasteiger partial charge in [-0.1, -0.05) is 38.5 Å². The van der Waals surface area contributed by atoms with E-state index >= 15 is 0 Å². The first-order valence-corrected chi connectivity index (χ1v) is 9.24. The van der Waals surface area contributed by atoms with E-state index in [9.17, 15) is 0 Å². The lowest BCUT2D eigenvalue weighted by Gasteiger charge is -2.45. The molecule has 0 aromatic heterocycles. The van der Waals surface area contributed by atoms with E-state index in [0.29, 0.717) is 0 Å². The molecule has 1 N–H and O–H groups in total. The SMILES string of the molecule is CNC1CCCCCCC1N1CCC2(CCCC2)CC1.